The Kier molecular flexibility index (Phi) is 4.56. The monoisotopic (exact) mass is 250 g/mol. The van der Waals surface area contributed by atoms with Crippen molar-refractivity contribution in [1.29, 1.82) is 0 Å². The van der Waals surface area contributed by atoms with E-state index in [9.17, 15) is 0 Å². The molecule has 96 valence electrons. The second kappa shape index (κ2) is 5.36. The van der Waals surface area contributed by atoms with Crippen molar-refractivity contribution in [3.8, 4) is 0 Å². The van der Waals surface area contributed by atoms with E-state index >= 15 is 0 Å². The maximum atomic E-state index is 6.25. The highest BCUT2D eigenvalue weighted by Gasteiger charge is 2.37. The quantitative estimate of drug-likeness (QED) is 0.697. The van der Waals surface area contributed by atoms with Gasteiger partial charge in [-0.1, -0.05) is 58.0 Å². The molecule has 0 bridgehead atoms. The largest absolute Gasteiger partial charge is 0.416 e. The molecule has 0 N–H and O–H groups in total. The number of hydrogen-bond donors (Lipinski definition) is 0. The van der Waals surface area contributed by atoms with E-state index in [0.29, 0.717) is 11.0 Å². The van der Waals surface area contributed by atoms with Gasteiger partial charge in [-0.25, -0.2) is 0 Å². The van der Waals surface area contributed by atoms with Crippen molar-refractivity contribution in [3.63, 3.8) is 0 Å². The summed E-state index contributed by atoms with van der Waals surface area (Å²) in [5, 5.41) is 0.295. The Morgan fingerprint density at radius 1 is 1.12 bits per heavy atom. The molecule has 0 aliphatic heterocycles. The molecule has 0 saturated carbocycles. The van der Waals surface area contributed by atoms with Crippen molar-refractivity contribution < 1.29 is 4.43 Å². The van der Waals surface area contributed by atoms with Crippen molar-refractivity contribution >= 4 is 8.32 Å². The minimum absolute atomic E-state index is 0.295. The van der Waals surface area contributed by atoms with E-state index < -0.39 is 8.32 Å². The summed E-state index contributed by atoms with van der Waals surface area (Å²) in [6.07, 6.45) is 0. The van der Waals surface area contributed by atoms with Crippen LogP contribution in [0.2, 0.25) is 18.1 Å². The van der Waals surface area contributed by atoms with Gasteiger partial charge in [0.25, 0.3) is 0 Å². The summed E-state index contributed by atoms with van der Waals surface area (Å²) in [4.78, 5) is 0. The zero-order valence-electron chi connectivity index (χ0n) is 12.1. The Hall–Kier alpha value is -0.603. The molecule has 1 rings (SSSR count). The van der Waals surface area contributed by atoms with Crippen molar-refractivity contribution in [1.82, 2.24) is 0 Å². The van der Waals surface area contributed by atoms with E-state index in [-0.39, 0.29) is 0 Å². The number of benzene rings is 1. The molecule has 0 aromatic heterocycles. The van der Waals surface area contributed by atoms with E-state index in [1.165, 1.54) is 5.56 Å². The molecule has 1 nitrogen and oxygen atoms in total. The highest BCUT2D eigenvalue weighted by atomic mass is 28.4. The minimum Gasteiger partial charge on any atom is -0.416 e. The maximum Gasteiger partial charge on any atom is 0.192 e. The van der Waals surface area contributed by atoms with Crippen molar-refractivity contribution in [2.75, 3.05) is 6.61 Å². The first-order valence-electron chi connectivity index (χ1n) is 6.43. The predicted molar refractivity (Wildman–Crippen MR) is 78.0 cm³/mol. The van der Waals surface area contributed by atoms with Crippen LogP contribution in [0.1, 0.15) is 39.2 Å². The lowest BCUT2D eigenvalue weighted by Crippen LogP contribution is -2.41. The Labute approximate surface area is 107 Å². The fourth-order valence-electron chi connectivity index (χ4n) is 1.43. The Morgan fingerprint density at radius 2 is 1.65 bits per heavy atom. The van der Waals surface area contributed by atoms with Crippen LogP contribution in [-0.2, 0) is 4.43 Å². The third-order valence-corrected chi connectivity index (χ3v) is 8.37. The van der Waals surface area contributed by atoms with Crippen LogP contribution in [0.15, 0.2) is 30.3 Å². The van der Waals surface area contributed by atoms with Gasteiger partial charge in [0.05, 0.1) is 0 Å². The van der Waals surface area contributed by atoms with Crippen LogP contribution < -0.4 is 0 Å². The van der Waals surface area contributed by atoms with E-state index in [0.717, 1.165) is 6.61 Å². The van der Waals surface area contributed by atoms with Gasteiger partial charge in [-0.2, -0.15) is 0 Å². The molecule has 0 radical (unpaired) electrons. The second-order valence-electron chi connectivity index (χ2n) is 6.38. The molecule has 0 saturated heterocycles. The molecule has 1 atom stereocenters. The highest BCUT2D eigenvalue weighted by molar-refractivity contribution is 6.74. The van der Waals surface area contributed by atoms with Crippen molar-refractivity contribution in [3.05, 3.63) is 35.9 Å². The first-order valence-corrected chi connectivity index (χ1v) is 9.34. The number of rotatable bonds is 4. The van der Waals surface area contributed by atoms with Gasteiger partial charge in [0.1, 0.15) is 0 Å². The van der Waals surface area contributed by atoms with Gasteiger partial charge in [0, 0.05) is 12.5 Å². The minimum atomic E-state index is -1.60. The van der Waals surface area contributed by atoms with Gasteiger partial charge in [-0.3, -0.25) is 0 Å². The fraction of sp³-hybridized carbons (Fsp3) is 0.600. The summed E-state index contributed by atoms with van der Waals surface area (Å²) in [5.74, 6) is 0.477. The van der Waals surface area contributed by atoms with Crippen molar-refractivity contribution in [2.24, 2.45) is 0 Å². The third kappa shape index (κ3) is 3.97. The SMILES string of the molecule is C[C@H](CO[Si](C)(C)C(C)(C)C)c1ccccc1. The van der Waals surface area contributed by atoms with Crippen LogP contribution in [0.25, 0.3) is 0 Å². The van der Waals surface area contributed by atoms with Crippen LogP contribution in [-0.4, -0.2) is 14.9 Å². The van der Waals surface area contributed by atoms with E-state index in [4.69, 9.17) is 4.43 Å². The molecule has 0 amide bonds. The van der Waals surface area contributed by atoms with Gasteiger partial charge in [0.15, 0.2) is 8.32 Å². The molecule has 0 heterocycles. The van der Waals surface area contributed by atoms with Gasteiger partial charge >= 0.3 is 0 Å². The normalized spacial score (nSPS) is 14.7. The lowest BCUT2D eigenvalue weighted by molar-refractivity contribution is 0.269. The maximum absolute atomic E-state index is 6.25. The average molecular weight is 250 g/mol. The second-order valence-corrected chi connectivity index (χ2v) is 11.2. The first-order chi connectivity index (χ1) is 7.74. The molecule has 1 aromatic rings. The van der Waals surface area contributed by atoms with Gasteiger partial charge < -0.3 is 4.43 Å². The predicted octanol–water partition coefficient (Wildman–Crippen LogP) is 4.81. The topological polar surface area (TPSA) is 9.23 Å². The molecule has 0 aliphatic carbocycles. The first kappa shape index (κ1) is 14.5. The molecule has 0 fully saturated rings. The highest BCUT2D eigenvalue weighted by Crippen LogP contribution is 2.37. The molecular weight excluding hydrogens is 224 g/mol. The zero-order valence-corrected chi connectivity index (χ0v) is 13.1. The summed E-state index contributed by atoms with van der Waals surface area (Å²) >= 11 is 0. The van der Waals surface area contributed by atoms with E-state index in [2.05, 4.69) is 71.1 Å². The Morgan fingerprint density at radius 3 is 2.12 bits per heavy atom. The number of hydrogen-bond acceptors (Lipinski definition) is 1. The molecule has 1 aromatic carbocycles. The average Bonchev–Trinajstić information content (AvgIpc) is 2.25. The molecule has 0 aliphatic rings. The molecule has 0 unspecified atom stereocenters. The van der Waals surface area contributed by atoms with Crippen LogP contribution in [0.5, 0.6) is 0 Å². The molecule has 2 heteroatoms. The fourth-order valence-corrected chi connectivity index (χ4v) is 2.53. The Bertz CT molecular complexity index is 338. The van der Waals surface area contributed by atoms with Gasteiger partial charge in [-0.05, 0) is 23.7 Å². The van der Waals surface area contributed by atoms with Crippen molar-refractivity contribution in [2.45, 2.75) is 51.7 Å². The lowest BCUT2D eigenvalue weighted by Gasteiger charge is -2.37. The molecule has 0 spiro atoms. The lowest BCUT2D eigenvalue weighted by atomic mass is 10.0. The van der Waals surface area contributed by atoms with Crippen LogP contribution in [0, 0.1) is 0 Å². The van der Waals surface area contributed by atoms with E-state index in [1.54, 1.807) is 0 Å². The van der Waals surface area contributed by atoms with E-state index in [1.807, 2.05) is 0 Å². The van der Waals surface area contributed by atoms with Gasteiger partial charge in [0.2, 0.25) is 0 Å². The summed E-state index contributed by atoms with van der Waals surface area (Å²) in [5.41, 5.74) is 1.37. The third-order valence-electron chi connectivity index (χ3n) is 3.87. The smallest absolute Gasteiger partial charge is 0.192 e. The standard InChI is InChI=1S/C15H26OSi/c1-13(14-10-8-7-9-11-14)12-16-17(5,6)15(2,3)4/h7-11,13H,12H2,1-6H3/t13-/m1/s1. The van der Waals surface area contributed by atoms with Crippen LogP contribution in [0.4, 0.5) is 0 Å². The van der Waals surface area contributed by atoms with Crippen LogP contribution >= 0.6 is 0 Å². The van der Waals surface area contributed by atoms with Gasteiger partial charge in [-0.15, -0.1) is 0 Å². The summed E-state index contributed by atoms with van der Waals surface area (Å²) in [7, 11) is -1.60. The Balaban J connectivity index is 2.58. The molecule has 17 heavy (non-hydrogen) atoms. The summed E-state index contributed by atoms with van der Waals surface area (Å²) in [6, 6.07) is 10.6. The van der Waals surface area contributed by atoms with Crippen LogP contribution in [0.3, 0.4) is 0 Å². The summed E-state index contributed by atoms with van der Waals surface area (Å²) < 4.78 is 6.25. The molecular formula is C15H26OSi. The summed E-state index contributed by atoms with van der Waals surface area (Å²) in [6.45, 7) is 14.5. The zero-order chi connectivity index (χ0) is 13.1.